The number of carbonyl (C=O) groups is 2. The van der Waals surface area contributed by atoms with Gasteiger partial charge in [0.2, 0.25) is 5.78 Å². The fraction of sp³-hybridized carbons (Fsp3) is 0.417. The SMILES string of the molecule is CCCCOc1ccc(C2C(C(=O)c3cccs3)=C(O)C(=O)N2CCOC)cc1OCC. The first-order valence-electron chi connectivity index (χ1n) is 10.7. The molecule has 0 spiro atoms. The summed E-state index contributed by atoms with van der Waals surface area (Å²) in [7, 11) is 1.54. The van der Waals surface area contributed by atoms with Gasteiger partial charge in [-0.3, -0.25) is 9.59 Å². The highest BCUT2D eigenvalue weighted by molar-refractivity contribution is 7.12. The van der Waals surface area contributed by atoms with Gasteiger partial charge < -0.3 is 24.2 Å². The largest absolute Gasteiger partial charge is 0.503 e. The highest BCUT2D eigenvalue weighted by Crippen LogP contribution is 2.42. The first-order chi connectivity index (χ1) is 15.5. The van der Waals surface area contributed by atoms with E-state index < -0.39 is 17.7 Å². The van der Waals surface area contributed by atoms with Crippen LogP contribution in [0, 0.1) is 0 Å². The summed E-state index contributed by atoms with van der Waals surface area (Å²) in [5, 5.41) is 12.5. The normalized spacial score (nSPS) is 16.0. The Morgan fingerprint density at radius 3 is 2.62 bits per heavy atom. The van der Waals surface area contributed by atoms with Gasteiger partial charge in [-0.2, -0.15) is 0 Å². The number of hydrogen-bond donors (Lipinski definition) is 1. The molecule has 32 heavy (non-hydrogen) atoms. The minimum Gasteiger partial charge on any atom is -0.503 e. The second-order valence-electron chi connectivity index (χ2n) is 7.30. The van der Waals surface area contributed by atoms with E-state index in [4.69, 9.17) is 14.2 Å². The minimum absolute atomic E-state index is 0.0654. The minimum atomic E-state index is -0.754. The third-order valence-electron chi connectivity index (χ3n) is 5.17. The number of aliphatic hydroxyl groups excluding tert-OH is 1. The van der Waals surface area contributed by atoms with Crippen molar-refractivity contribution in [1.82, 2.24) is 4.90 Å². The van der Waals surface area contributed by atoms with E-state index in [9.17, 15) is 14.7 Å². The molecule has 0 fully saturated rings. The van der Waals surface area contributed by atoms with E-state index in [0.29, 0.717) is 35.2 Å². The Kier molecular flexibility index (Phi) is 8.30. The molecule has 2 heterocycles. The van der Waals surface area contributed by atoms with Gasteiger partial charge in [-0.25, -0.2) is 0 Å². The molecule has 0 bridgehead atoms. The second kappa shape index (κ2) is 11.2. The number of rotatable bonds is 12. The molecule has 1 N–H and O–H groups in total. The molecule has 0 saturated heterocycles. The van der Waals surface area contributed by atoms with Crippen LogP contribution in [0.2, 0.25) is 0 Å². The number of ether oxygens (including phenoxy) is 3. The molecule has 0 saturated carbocycles. The van der Waals surface area contributed by atoms with Gasteiger partial charge in [-0.1, -0.05) is 25.5 Å². The Balaban J connectivity index is 2.03. The molecule has 1 aromatic heterocycles. The van der Waals surface area contributed by atoms with Crippen molar-refractivity contribution < 1.29 is 28.9 Å². The van der Waals surface area contributed by atoms with E-state index in [1.165, 1.54) is 23.3 Å². The summed E-state index contributed by atoms with van der Waals surface area (Å²) >= 11 is 1.27. The predicted octanol–water partition coefficient (Wildman–Crippen LogP) is 4.55. The van der Waals surface area contributed by atoms with Crippen molar-refractivity contribution in [3.63, 3.8) is 0 Å². The zero-order chi connectivity index (χ0) is 23.1. The molecular formula is C24H29NO6S. The Hall–Kier alpha value is -2.84. The van der Waals surface area contributed by atoms with Crippen LogP contribution >= 0.6 is 11.3 Å². The number of thiophene rings is 1. The van der Waals surface area contributed by atoms with E-state index >= 15 is 0 Å². The summed E-state index contributed by atoms with van der Waals surface area (Å²) < 4.78 is 16.8. The van der Waals surface area contributed by atoms with Crippen LogP contribution in [0.3, 0.4) is 0 Å². The van der Waals surface area contributed by atoms with Gasteiger partial charge in [0.05, 0.1) is 36.3 Å². The lowest BCUT2D eigenvalue weighted by molar-refractivity contribution is -0.130. The number of unbranched alkanes of at least 4 members (excludes halogenated alkanes) is 1. The Bertz CT molecular complexity index is 969. The molecule has 0 aliphatic carbocycles. The highest BCUT2D eigenvalue weighted by atomic mass is 32.1. The maximum atomic E-state index is 13.2. The van der Waals surface area contributed by atoms with Crippen LogP contribution in [-0.4, -0.2) is 55.2 Å². The smallest absolute Gasteiger partial charge is 0.290 e. The van der Waals surface area contributed by atoms with Crippen LogP contribution in [0.25, 0.3) is 0 Å². The van der Waals surface area contributed by atoms with Crippen molar-refractivity contribution in [2.75, 3.05) is 33.5 Å². The summed E-state index contributed by atoms with van der Waals surface area (Å²) in [6.07, 6.45) is 1.93. The molecule has 2 aromatic rings. The number of carbonyl (C=O) groups excluding carboxylic acids is 2. The van der Waals surface area contributed by atoms with Crippen LogP contribution in [0.4, 0.5) is 0 Å². The lowest BCUT2D eigenvalue weighted by Crippen LogP contribution is -2.34. The number of benzene rings is 1. The van der Waals surface area contributed by atoms with Gasteiger partial charge >= 0.3 is 0 Å². The second-order valence-corrected chi connectivity index (χ2v) is 8.25. The number of nitrogens with zero attached hydrogens (tertiary/aromatic N) is 1. The van der Waals surface area contributed by atoms with Crippen molar-refractivity contribution in [2.45, 2.75) is 32.7 Å². The van der Waals surface area contributed by atoms with Crippen molar-refractivity contribution in [3.8, 4) is 11.5 Å². The van der Waals surface area contributed by atoms with E-state index in [2.05, 4.69) is 6.92 Å². The highest BCUT2D eigenvalue weighted by Gasteiger charge is 2.44. The quantitative estimate of drug-likeness (QED) is 0.370. The fourth-order valence-electron chi connectivity index (χ4n) is 3.60. The lowest BCUT2D eigenvalue weighted by atomic mass is 9.95. The zero-order valence-electron chi connectivity index (χ0n) is 18.6. The number of ketones is 1. The number of amides is 1. The molecule has 1 aliphatic heterocycles. The van der Waals surface area contributed by atoms with Crippen LogP contribution in [0.5, 0.6) is 11.5 Å². The van der Waals surface area contributed by atoms with Gasteiger partial charge in [0.1, 0.15) is 0 Å². The van der Waals surface area contributed by atoms with Gasteiger partial charge in [0.25, 0.3) is 5.91 Å². The molecule has 1 unspecified atom stereocenters. The van der Waals surface area contributed by atoms with E-state index in [-0.39, 0.29) is 24.5 Å². The topological polar surface area (TPSA) is 85.3 Å². The zero-order valence-corrected chi connectivity index (χ0v) is 19.4. The molecule has 7 nitrogen and oxygen atoms in total. The predicted molar refractivity (Wildman–Crippen MR) is 123 cm³/mol. The molecule has 172 valence electrons. The molecule has 8 heteroatoms. The van der Waals surface area contributed by atoms with Gasteiger partial charge in [-0.05, 0) is 42.5 Å². The van der Waals surface area contributed by atoms with Crippen molar-refractivity contribution in [1.29, 1.82) is 0 Å². The summed E-state index contributed by atoms with van der Waals surface area (Å²) in [6.45, 7) is 5.47. The first kappa shape index (κ1) is 23.8. The summed E-state index contributed by atoms with van der Waals surface area (Å²) in [4.78, 5) is 28.1. The van der Waals surface area contributed by atoms with E-state index in [1.807, 2.05) is 13.0 Å². The standard InChI is InChI=1S/C24H29NO6S/c1-4-6-12-31-17-10-9-16(15-18(17)30-5-2)21-20(22(26)19-8-7-14-32-19)23(27)24(28)25(21)11-13-29-3/h7-10,14-15,21,27H,4-6,11-13H2,1-3H3. The maximum absolute atomic E-state index is 13.2. The van der Waals surface area contributed by atoms with Crippen LogP contribution in [0.15, 0.2) is 47.0 Å². The summed E-state index contributed by atoms with van der Waals surface area (Å²) in [5.41, 5.74) is 0.723. The van der Waals surface area contributed by atoms with Gasteiger partial charge in [0.15, 0.2) is 17.3 Å². The number of aliphatic hydroxyl groups is 1. The monoisotopic (exact) mass is 459 g/mol. The molecule has 1 aliphatic rings. The van der Waals surface area contributed by atoms with E-state index in [0.717, 1.165) is 12.8 Å². The van der Waals surface area contributed by atoms with Gasteiger partial charge in [0, 0.05) is 13.7 Å². The number of methoxy groups -OCH3 is 1. The van der Waals surface area contributed by atoms with Crippen molar-refractivity contribution in [3.05, 3.63) is 57.5 Å². The van der Waals surface area contributed by atoms with E-state index in [1.54, 1.807) is 29.6 Å². The summed E-state index contributed by atoms with van der Waals surface area (Å²) in [6, 6.07) is 8.07. The fourth-order valence-corrected chi connectivity index (χ4v) is 4.28. The van der Waals surface area contributed by atoms with Crippen molar-refractivity contribution >= 4 is 23.0 Å². The molecular weight excluding hydrogens is 430 g/mol. The van der Waals surface area contributed by atoms with Crippen molar-refractivity contribution in [2.24, 2.45) is 0 Å². The molecule has 3 rings (SSSR count). The van der Waals surface area contributed by atoms with Crippen LogP contribution < -0.4 is 9.47 Å². The maximum Gasteiger partial charge on any atom is 0.290 e. The Labute approximate surface area is 192 Å². The van der Waals surface area contributed by atoms with Crippen LogP contribution in [-0.2, 0) is 9.53 Å². The number of Topliss-reactive ketones (excluding diaryl/α,β-unsaturated/α-hetero) is 1. The number of hydrogen-bond acceptors (Lipinski definition) is 7. The molecule has 0 radical (unpaired) electrons. The summed E-state index contributed by atoms with van der Waals surface area (Å²) in [5.74, 6) is -0.332. The third kappa shape index (κ3) is 4.97. The Morgan fingerprint density at radius 1 is 1.16 bits per heavy atom. The Morgan fingerprint density at radius 2 is 1.97 bits per heavy atom. The molecule has 1 amide bonds. The van der Waals surface area contributed by atoms with Crippen LogP contribution in [0.1, 0.15) is 48.0 Å². The average Bonchev–Trinajstić information content (AvgIpc) is 3.41. The average molecular weight is 460 g/mol. The third-order valence-corrected chi connectivity index (χ3v) is 6.04. The molecule has 1 atom stereocenters. The first-order valence-corrected chi connectivity index (χ1v) is 11.6. The van der Waals surface area contributed by atoms with Gasteiger partial charge in [-0.15, -0.1) is 11.3 Å². The molecule has 1 aromatic carbocycles. The lowest BCUT2D eigenvalue weighted by Gasteiger charge is -2.27.